The minimum absolute atomic E-state index is 0.104. The second-order valence-corrected chi connectivity index (χ2v) is 6.80. The smallest absolute Gasteiger partial charge is 0.115 e. The fourth-order valence-electron chi connectivity index (χ4n) is 3.63. The van der Waals surface area contributed by atoms with Crippen molar-refractivity contribution < 1.29 is 10.2 Å². The molecule has 0 bridgehead atoms. The first kappa shape index (κ1) is 17.0. The number of benzene rings is 2. The second kappa shape index (κ2) is 7.82. The van der Waals surface area contributed by atoms with Crippen molar-refractivity contribution in [2.75, 3.05) is 13.1 Å². The lowest BCUT2D eigenvalue weighted by molar-refractivity contribution is 0.0635. The van der Waals surface area contributed by atoms with E-state index in [-0.39, 0.29) is 11.8 Å². The highest BCUT2D eigenvalue weighted by atomic mass is 16.3. The average Bonchev–Trinajstić information content (AvgIpc) is 2.71. The van der Waals surface area contributed by atoms with E-state index in [1.165, 1.54) is 5.56 Å². The first-order chi connectivity index (χ1) is 11.6. The molecule has 2 N–H and O–H groups in total. The molecule has 3 nitrogen and oxygen atoms in total. The van der Waals surface area contributed by atoms with Gasteiger partial charge in [0.1, 0.15) is 5.75 Å². The van der Waals surface area contributed by atoms with Gasteiger partial charge in [0.15, 0.2) is 0 Å². The number of nitrogens with zero attached hydrogens (tertiary/aromatic N) is 1. The molecule has 0 saturated heterocycles. The number of fused-ring (bicyclic) bond motifs is 1. The average molecular weight is 325 g/mol. The summed E-state index contributed by atoms with van der Waals surface area (Å²) in [5, 5.41) is 20.4. The molecule has 0 saturated carbocycles. The lowest BCUT2D eigenvalue weighted by Crippen LogP contribution is -2.37. The first-order valence-corrected chi connectivity index (χ1v) is 8.93. The number of aliphatic hydroxyl groups excluding tert-OH is 1. The van der Waals surface area contributed by atoms with Crippen molar-refractivity contribution in [3.63, 3.8) is 0 Å². The maximum atomic E-state index is 10.7. The van der Waals surface area contributed by atoms with Crippen molar-refractivity contribution >= 4 is 0 Å². The third-order valence-corrected chi connectivity index (χ3v) is 5.15. The molecule has 2 atom stereocenters. The van der Waals surface area contributed by atoms with Crippen LogP contribution in [0.5, 0.6) is 5.75 Å². The van der Waals surface area contributed by atoms with Crippen LogP contribution in [0, 0.1) is 0 Å². The maximum absolute atomic E-state index is 10.7. The third-order valence-electron chi connectivity index (χ3n) is 5.15. The number of phenolic OH excluding ortho intramolecular Hbond substituents is 1. The number of aryl methyl sites for hydroxylation is 1. The molecule has 0 spiro atoms. The summed E-state index contributed by atoms with van der Waals surface area (Å²) in [4.78, 5) is 2.38. The molecule has 0 aromatic heterocycles. The van der Waals surface area contributed by atoms with Gasteiger partial charge in [-0.2, -0.15) is 0 Å². The van der Waals surface area contributed by atoms with Gasteiger partial charge in [-0.15, -0.1) is 0 Å². The number of hydrogen-bond acceptors (Lipinski definition) is 3. The van der Waals surface area contributed by atoms with Crippen LogP contribution in [0.2, 0.25) is 0 Å². The van der Waals surface area contributed by atoms with Gasteiger partial charge in [0.2, 0.25) is 0 Å². The van der Waals surface area contributed by atoms with Gasteiger partial charge >= 0.3 is 0 Å². The van der Waals surface area contributed by atoms with Gasteiger partial charge in [-0.3, -0.25) is 4.90 Å². The van der Waals surface area contributed by atoms with Gasteiger partial charge in [-0.05, 0) is 68.0 Å². The number of unbranched alkanes of at least 4 members (excludes halogenated alkanes) is 1. The van der Waals surface area contributed by atoms with Crippen LogP contribution in [0.25, 0.3) is 0 Å². The van der Waals surface area contributed by atoms with Crippen molar-refractivity contribution in [3.05, 3.63) is 65.2 Å². The Kier molecular flexibility index (Phi) is 5.54. The van der Waals surface area contributed by atoms with E-state index in [0.29, 0.717) is 0 Å². The van der Waals surface area contributed by atoms with E-state index in [2.05, 4.69) is 42.2 Å². The Bertz CT molecular complexity index is 656. The summed E-state index contributed by atoms with van der Waals surface area (Å²) < 4.78 is 0. The largest absolute Gasteiger partial charge is 0.508 e. The summed E-state index contributed by atoms with van der Waals surface area (Å²) in [6.07, 6.45) is 3.80. The van der Waals surface area contributed by atoms with E-state index in [9.17, 15) is 10.2 Å². The quantitative estimate of drug-likeness (QED) is 0.824. The molecular formula is C21H27NO2. The van der Waals surface area contributed by atoms with Crippen molar-refractivity contribution in [1.82, 2.24) is 4.90 Å². The van der Waals surface area contributed by atoms with Crippen LogP contribution in [-0.2, 0) is 12.8 Å². The summed E-state index contributed by atoms with van der Waals surface area (Å²) in [5.74, 6) is 0.282. The molecule has 1 unspecified atom stereocenters. The van der Waals surface area contributed by atoms with Crippen molar-refractivity contribution in [2.24, 2.45) is 0 Å². The molecule has 3 heteroatoms. The zero-order valence-corrected chi connectivity index (χ0v) is 14.4. The van der Waals surface area contributed by atoms with Crippen LogP contribution in [0.1, 0.15) is 42.6 Å². The molecule has 2 aromatic carbocycles. The molecule has 0 fully saturated rings. The Labute approximate surface area is 144 Å². The number of hydrogen-bond donors (Lipinski definition) is 2. The summed E-state index contributed by atoms with van der Waals surface area (Å²) in [6.45, 7) is 4.04. The Hall–Kier alpha value is -1.84. The molecule has 0 amide bonds. The fraction of sp³-hybridized carbons (Fsp3) is 0.429. The molecular weight excluding hydrogens is 298 g/mol. The lowest BCUT2D eigenvalue weighted by Gasteiger charge is -2.30. The monoisotopic (exact) mass is 325 g/mol. The molecule has 1 aliphatic heterocycles. The molecule has 24 heavy (non-hydrogen) atoms. The highest BCUT2D eigenvalue weighted by Gasteiger charge is 2.28. The van der Waals surface area contributed by atoms with Gasteiger partial charge in [0.25, 0.3) is 0 Å². The molecule has 2 aromatic rings. The number of aromatic hydroxyl groups is 1. The zero-order valence-electron chi connectivity index (χ0n) is 14.4. The third kappa shape index (κ3) is 3.97. The molecule has 128 valence electrons. The van der Waals surface area contributed by atoms with Gasteiger partial charge < -0.3 is 10.2 Å². The predicted octanol–water partition coefficient (Wildman–Crippen LogP) is 3.70. The Balaban J connectivity index is 1.55. The van der Waals surface area contributed by atoms with E-state index in [4.69, 9.17) is 0 Å². The SMILES string of the molecule is C[C@H]1C(O)c2ccc(O)cc2CCN1CCCCc1ccccc1. The van der Waals surface area contributed by atoms with E-state index in [1.807, 2.05) is 6.07 Å². The summed E-state index contributed by atoms with van der Waals surface area (Å²) in [7, 11) is 0. The van der Waals surface area contributed by atoms with Crippen LogP contribution in [0.15, 0.2) is 48.5 Å². The van der Waals surface area contributed by atoms with Crippen LogP contribution in [-0.4, -0.2) is 34.2 Å². The topological polar surface area (TPSA) is 43.7 Å². The van der Waals surface area contributed by atoms with Gasteiger partial charge in [0.05, 0.1) is 6.10 Å². The molecule has 3 rings (SSSR count). The van der Waals surface area contributed by atoms with Crippen LogP contribution in [0.4, 0.5) is 0 Å². The van der Waals surface area contributed by atoms with Crippen LogP contribution in [0.3, 0.4) is 0 Å². The van der Waals surface area contributed by atoms with E-state index in [0.717, 1.165) is 49.9 Å². The zero-order chi connectivity index (χ0) is 16.9. The minimum atomic E-state index is -0.489. The highest BCUT2D eigenvalue weighted by molar-refractivity contribution is 5.37. The minimum Gasteiger partial charge on any atom is -0.508 e. The van der Waals surface area contributed by atoms with Gasteiger partial charge in [-0.1, -0.05) is 36.4 Å². The Morgan fingerprint density at radius 1 is 1.08 bits per heavy atom. The lowest BCUT2D eigenvalue weighted by atomic mass is 9.98. The van der Waals surface area contributed by atoms with E-state index >= 15 is 0 Å². The van der Waals surface area contributed by atoms with E-state index < -0.39 is 6.10 Å². The normalized spacial score (nSPS) is 21.2. The maximum Gasteiger partial charge on any atom is 0.115 e. The Morgan fingerprint density at radius 3 is 2.67 bits per heavy atom. The molecule has 1 heterocycles. The number of rotatable bonds is 5. The molecule has 0 radical (unpaired) electrons. The van der Waals surface area contributed by atoms with Gasteiger partial charge in [0, 0.05) is 12.6 Å². The van der Waals surface area contributed by atoms with Crippen LogP contribution >= 0.6 is 0 Å². The molecule has 1 aliphatic rings. The Morgan fingerprint density at radius 2 is 1.88 bits per heavy atom. The summed E-state index contributed by atoms with van der Waals surface area (Å²) >= 11 is 0. The fourth-order valence-corrected chi connectivity index (χ4v) is 3.63. The number of phenols is 1. The van der Waals surface area contributed by atoms with Crippen molar-refractivity contribution in [2.45, 2.75) is 44.8 Å². The summed E-state index contributed by atoms with van der Waals surface area (Å²) in [5.41, 5.74) is 3.43. The first-order valence-electron chi connectivity index (χ1n) is 8.93. The summed E-state index contributed by atoms with van der Waals surface area (Å²) in [6, 6.07) is 16.0. The standard InChI is InChI=1S/C21H27NO2/c1-16-21(24)20-11-10-19(23)15-18(20)12-14-22(16)13-6-5-9-17-7-3-2-4-8-17/h2-4,7-8,10-11,15-16,21,23-24H,5-6,9,12-14H2,1H3/t16-,21?/m0/s1. The predicted molar refractivity (Wildman–Crippen MR) is 97.2 cm³/mol. The highest BCUT2D eigenvalue weighted by Crippen LogP contribution is 2.30. The molecule has 0 aliphatic carbocycles. The van der Waals surface area contributed by atoms with E-state index in [1.54, 1.807) is 12.1 Å². The number of aliphatic hydroxyl groups is 1. The van der Waals surface area contributed by atoms with Crippen molar-refractivity contribution in [1.29, 1.82) is 0 Å². The van der Waals surface area contributed by atoms with Crippen LogP contribution < -0.4 is 0 Å². The van der Waals surface area contributed by atoms with Crippen molar-refractivity contribution in [3.8, 4) is 5.75 Å². The second-order valence-electron chi connectivity index (χ2n) is 6.80. The van der Waals surface area contributed by atoms with Gasteiger partial charge in [-0.25, -0.2) is 0 Å².